The molecular weight excluding hydrogens is 364 g/mol. The molecule has 1 aliphatic carbocycles. The van der Waals surface area contributed by atoms with Crippen molar-refractivity contribution in [1.29, 1.82) is 0 Å². The number of benzene rings is 2. The summed E-state index contributed by atoms with van der Waals surface area (Å²) in [5, 5.41) is 3.48. The highest BCUT2D eigenvalue weighted by molar-refractivity contribution is 7.43. The molecular formula is C25H23O2S+. The average molecular weight is 388 g/mol. The van der Waals surface area contributed by atoms with Crippen molar-refractivity contribution in [3.05, 3.63) is 77.7 Å². The maximum Gasteiger partial charge on any atom is 0.339 e. The molecule has 3 aromatic rings. The lowest BCUT2D eigenvalue weighted by molar-refractivity contribution is -0.00150. The summed E-state index contributed by atoms with van der Waals surface area (Å²) in [4.78, 5) is 13.9. The van der Waals surface area contributed by atoms with Gasteiger partial charge < -0.3 is 4.74 Å². The van der Waals surface area contributed by atoms with Gasteiger partial charge in [0.05, 0.1) is 5.56 Å². The fraction of sp³-hybridized carbons (Fsp3) is 0.240. The molecule has 2 nitrogen and oxygen atoms in total. The Balaban J connectivity index is 1.56. The van der Waals surface area contributed by atoms with Crippen LogP contribution in [0, 0.1) is 18.3 Å². The molecule has 1 aliphatic rings. The van der Waals surface area contributed by atoms with E-state index in [0.717, 1.165) is 24.8 Å². The Morgan fingerprint density at radius 3 is 2.64 bits per heavy atom. The van der Waals surface area contributed by atoms with Gasteiger partial charge in [-0.05, 0) is 62.6 Å². The minimum atomic E-state index is -0.946. The molecule has 3 atom stereocenters. The molecule has 0 saturated heterocycles. The lowest BCUT2D eigenvalue weighted by Gasteiger charge is -2.31. The second-order valence-electron chi connectivity index (χ2n) is 7.45. The molecule has 3 heteroatoms. The first-order valence-corrected chi connectivity index (χ1v) is 10.8. The van der Waals surface area contributed by atoms with Crippen LogP contribution >= 0.6 is 10.5 Å². The molecule has 0 spiro atoms. The molecule has 0 aliphatic heterocycles. The van der Waals surface area contributed by atoms with E-state index >= 15 is 0 Å². The number of carbonyl (C=O) groups excluding carboxylic acids is 1. The lowest BCUT2D eigenvalue weighted by atomic mass is 9.85. The molecule has 1 aromatic heterocycles. The molecule has 28 heavy (non-hydrogen) atoms. The highest BCUT2D eigenvalue weighted by Gasteiger charge is 2.40. The van der Waals surface area contributed by atoms with Crippen LogP contribution in [0.25, 0.3) is 15.0 Å². The molecule has 0 amide bonds. The Bertz CT molecular complexity index is 1080. The molecule has 1 heterocycles. The quantitative estimate of drug-likeness (QED) is 0.221. The number of ether oxygens (including phenoxy) is 1. The van der Waals surface area contributed by atoms with E-state index in [1.54, 1.807) is 0 Å². The molecule has 4 rings (SSSR count). The van der Waals surface area contributed by atoms with Gasteiger partial charge in [0.15, 0.2) is 15.2 Å². The van der Waals surface area contributed by atoms with E-state index < -0.39 is 5.60 Å². The van der Waals surface area contributed by atoms with Gasteiger partial charge >= 0.3 is 5.97 Å². The fourth-order valence-electron chi connectivity index (χ4n) is 4.01. The second-order valence-corrected chi connectivity index (χ2v) is 9.31. The Morgan fingerprint density at radius 2 is 1.96 bits per heavy atom. The summed E-state index contributed by atoms with van der Waals surface area (Å²) in [6, 6.07) is 18.2. The third-order valence-corrected chi connectivity index (χ3v) is 7.66. The van der Waals surface area contributed by atoms with Crippen molar-refractivity contribution in [2.75, 3.05) is 0 Å². The molecule has 1 saturated carbocycles. The van der Waals surface area contributed by atoms with Crippen LogP contribution in [0.15, 0.2) is 72.1 Å². The zero-order valence-corrected chi connectivity index (χ0v) is 16.8. The van der Waals surface area contributed by atoms with E-state index in [2.05, 4.69) is 48.2 Å². The first kappa shape index (κ1) is 18.5. The van der Waals surface area contributed by atoms with Gasteiger partial charge in [0.1, 0.15) is 5.38 Å². The van der Waals surface area contributed by atoms with Crippen LogP contribution in [-0.4, -0.2) is 11.6 Å². The minimum absolute atomic E-state index is 0.0299. The molecule has 1 fully saturated rings. The van der Waals surface area contributed by atoms with Crippen LogP contribution < -0.4 is 0 Å². The van der Waals surface area contributed by atoms with E-state index in [0.29, 0.717) is 5.56 Å². The summed E-state index contributed by atoms with van der Waals surface area (Å²) in [5.74, 6) is 2.36. The number of hydrogen-bond acceptors (Lipinski definition) is 2. The van der Waals surface area contributed by atoms with Crippen molar-refractivity contribution in [3.63, 3.8) is 0 Å². The van der Waals surface area contributed by atoms with Crippen LogP contribution in [0.1, 0.15) is 36.5 Å². The van der Waals surface area contributed by atoms with Gasteiger partial charge in [-0.1, -0.05) is 30.2 Å². The Morgan fingerprint density at radius 1 is 1.21 bits per heavy atom. The summed E-state index contributed by atoms with van der Waals surface area (Å²) in [7, 11) is -0.0911. The van der Waals surface area contributed by atoms with Crippen molar-refractivity contribution in [1.82, 2.24) is 0 Å². The van der Waals surface area contributed by atoms with Gasteiger partial charge in [-0.3, -0.25) is 0 Å². The first-order chi connectivity index (χ1) is 13.5. The highest BCUT2D eigenvalue weighted by Crippen LogP contribution is 2.41. The van der Waals surface area contributed by atoms with Gasteiger partial charge in [0.2, 0.25) is 0 Å². The third kappa shape index (κ3) is 3.25. The zero-order chi connectivity index (χ0) is 19.7. The Hall–Kier alpha value is -2.83. The topological polar surface area (TPSA) is 26.3 Å². The van der Waals surface area contributed by atoms with E-state index in [-0.39, 0.29) is 22.4 Å². The first-order valence-electron chi connectivity index (χ1n) is 9.51. The molecule has 3 unspecified atom stereocenters. The number of fused-ring (bicyclic) bond motifs is 1. The van der Waals surface area contributed by atoms with Gasteiger partial charge in [-0.15, -0.1) is 6.42 Å². The van der Waals surface area contributed by atoms with Gasteiger partial charge in [0.25, 0.3) is 0 Å². The summed E-state index contributed by atoms with van der Waals surface area (Å²) < 4.78 is 7.12. The van der Waals surface area contributed by atoms with Crippen LogP contribution in [0.3, 0.4) is 0 Å². The van der Waals surface area contributed by atoms with Crippen molar-refractivity contribution >= 4 is 26.5 Å². The van der Waals surface area contributed by atoms with Crippen molar-refractivity contribution in [3.8, 4) is 17.2 Å². The number of thiophene rings is 1. The second kappa shape index (κ2) is 7.30. The predicted molar refractivity (Wildman–Crippen MR) is 117 cm³/mol. The lowest BCUT2D eigenvalue weighted by Crippen LogP contribution is -2.37. The normalized spacial score (nSPS) is 19.2. The third-order valence-electron chi connectivity index (χ3n) is 5.62. The summed E-state index contributed by atoms with van der Waals surface area (Å²) in [6.07, 6.45) is 8.67. The monoisotopic (exact) mass is 387 g/mol. The molecule has 140 valence electrons. The van der Waals surface area contributed by atoms with Crippen LogP contribution in [0.4, 0.5) is 0 Å². The number of rotatable bonds is 4. The predicted octanol–water partition coefficient (Wildman–Crippen LogP) is 6.48. The van der Waals surface area contributed by atoms with Crippen molar-refractivity contribution in [2.24, 2.45) is 5.92 Å². The van der Waals surface area contributed by atoms with Gasteiger partial charge in [-0.25, -0.2) is 4.79 Å². The maximum atomic E-state index is 12.8. The molecule has 0 N–H and O–H groups in total. The Labute approximate surface area is 168 Å². The van der Waals surface area contributed by atoms with Crippen molar-refractivity contribution in [2.45, 2.75) is 31.8 Å². The molecule has 2 aromatic carbocycles. The largest absolute Gasteiger partial charge is 0.442 e. The summed E-state index contributed by atoms with van der Waals surface area (Å²) >= 11 is 0. The number of terminal acetylenes is 1. The van der Waals surface area contributed by atoms with E-state index in [4.69, 9.17) is 11.2 Å². The van der Waals surface area contributed by atoms with E-state index in [9.17, 15) is 4.79 Å². The number of esters is 1. The van der Waals surface area contributed by atoms with Gasteiger partial charge in [0, 0.05) is 27.8 Å². The standard InChI is InChI=1S/C25H23O2S/c1-4-25(3,22-10-7-8-18(22)2)27-24(26)20-12-14-21(15-13-20)28-17-16-19-9-5-6-11-23(19)28/h1,5-6,9,11-17,22H,2,7-8,10H2,3H3/q+1. The summed E-state index contributed by atoms with van der Waals surface area (Å²) in [6.45, 7) is 5.93. The maximum absolute atomic E-state index is 12.8. The number of hydrogen-bond donors (Lipinski definition) is 0. The summed E-state index contributed by atoms with van der Waals surface area (Å²) in [5.41, 5.74) is 0.656. The van der Waals surface area contributed by atoms with E-state index in [1.165, 1.54) is 15.0 Å². The fourth-order valence-corrected chi connectivity index (χ4v) is 5.89. The zero-order valence-electron chi connectivity index (χ0n) is 16.0. The Kier molecular flexibility index (Phi) is 4.83. The van der Waals surface area contributed by atoms with E-state index in [1.807, 2.05) is 31.2 Å². The van der Waals surface area contributed by atoms with Crippen LogP contribution in [0.5, 0.6) is 0 Å². The highest BCUT2D eigenvalue weighted by atomic mass is 32.2. The SMILES string of the molecule is C#CC(C)(OC(=O)c1ccc(-[s+]2ccc3ccccc32)cc1)C1CCCC1=C. The molecule has 0 radical (unpaired) electrons. The smallest absolute Gasteiger partial charge is 0.339 e. The average Bonchev–Trinajstić information content (AvgIpc) is 3.34. The number of carbonyl (C=O) groups is 1. The molecule has 0 bridgehead atoms. The van der Waals surface area contributed by atoms with Crippen LogP contribution in [-0.2, 0) is 4.74 Å². The van der Waals surface area contributed by atoms with Gasteiger partial charge in [-0.2, -0.15) is 0 Å². The minimum Gasteiger partial charge on any atom is -0.442 e. The van der Waals surface area contributed by atoms with Crippen LogP contribution in [0.2, 0.25) is 0 Å². The van der Waals surface area contributed by atoms with Crippen molar-refractivity contribution < 1.29 is 9.53 Å².